The Labute approximate surface area is 210 Å². The van der Waals surface area contributed by atoms with Crippen LogP contribution < -0.4 is 4.37 Å². The third-order valence-electron chi connectivity index (χ3n) is 6.23. The first kappa shape index (κ1) is 24.2. The quantitative estimate of drug-likeness (QED) is 0.281. The molecule has 5 rings (SSSR count). The summed E-state index contributed by atoms with van der Waals surface area (Å²) >= 11 is 4.24. The van der Waals surface area contributed by atoms with Crippen LogP contribution in [0.4, 0.5) is 5.69 Å². The minimum atomic E-state index is 0.530. The van der Waals surface area contributed by atoms with Crippen molar-refractivity contribution < 1.29 is 16.0 Å². The van der Waals surface area contributed by atoms with Crippen LogP contribution in [-0.4, -0.2) is 20.7 Å². The maximum absolute atomic E-state index is 8.04. The molecule has 2 aromatic heterocycles. The predicted octanol–water partition coefficient (Wildman–Crippen LogP) is 7.14. The molecule has 34 heavy (non-hydrogen) atoms. The number of aryl methyl sites for hydroxylation is 1. The average molecular weight is 498 g/mol. The summed E-state index contributed by atoms with van der Waals surface area (Å²) in [5, 5.41) is 8.04. The maximum Gasteiger partial charge on any atom is 0.157 e. The maximum atomic E-state index is 8.04. The summed E-state index contributed by atoms with van der Waals surface area (Å²) in [6.07, 6.45) is 2.90. The van der Waals surface area contributed by atoms with Gasteiger partial charge in [0.15, 0.2) is 5.82 Å². The van der Waals surface area contributed by atoms with Crippen LogP contribution in [-0.2, 0) is 22.4 Å². The van der Waals surface area contributed by atoms with E-state index in [2.05, 4.69) is 87.2 Å². The van der Waals surface area contributed by atoms with Crippen molar-refractivity contribution in [3.05, 3.63) is 77.0 Å². The molecule has 6 heteroatoms. The van der Waals surface area contributed by atoms with E-state index in [1.165, 1.54) is 22.4 Å². The van der Waals surface area contributed by atoms with Gasteiger partial charge in [-0.05, 0) is 43.0 Å². The zero-order valence-electron chi connectivity index (χ0n) is 20.2. The molecule has 4 aromatic rings. The van der Waals surface area contributed by atoms with E-state index in [1.54, 1.807) is 0 Å². The fourth-order valence-corrected chi connectivity index (χ4v) is 4.68. The van der Waals surface area contributed by atoms with E-state index in [0.29, 0.717) is 17.5 Å². The largest absolute Gasteiger partial charge is 0.337 e. The Morgan fingerprint density at radius 3 is 2.24 bits per heavy atom. The van der Waals surface area contributed by atoms with Crippen molar-refractivity contribution in [2.24, 2.45) is 0 Å². The molecule has 0 aliphatic heterocycles. The Balaban J connectivity index is 0.000000173. The molecular formula is C28H32CoN5. The number of nitrogens with one attached hydrogen (secondary N) is 3. The number of para-hydroxylation sites is 3. The molecule has 0 radical (unpaired) electrons. The van der Waals surface area contributed by atoms with E-state index in [-0.39, 0.29) is 0 Å². The number of hydrogen-bond acceptors (Lipinski definition) is 4. The monoisotopic (exact) mass is 497 g/mol. The second kappa shape index (κ2) is 10.5. The van der Waals surface area contributed by atoms with Gasteiger partial charge < -0.3 is 10.4 Å². The Morgan fingerprint density at radius 2 is 1.59 bits per heavy atom. The molecule has 2 aromatic carbocycles. The first-order valence-corrected chi connectivity index (χ1v) is 12.4. The van der Waals surface area contributed by atoms with Crippen LogP contribution >= 0.6 is 0 Å². The molecule has 2 heterocycles. The van der Waals surface area contributed by atoms with Gasteiger partial charge in [0.2, 0.25) is 0 Å². The number of hydrogen-bond donors (Lipinski definition) is 3. The normalized spacial score (nSPS) is 13.1. The van der Waals surface area contributed by atoms with E-state index in [0.717, 1.165) is 47.5 Å². The van der Waals surface area contributed by atoms with Gasteiger partial charge in [0.05, 0.1) is 22.4 Å². The van der Waals surface area contributed by atoms with Crippen LogP contribution in [0.1, 0.15) is 74.8 Å². The van der Waals surface area contributed by atoms with Gasteiger partial charge >= 0.3 is 94.9 Å². The molecule has 0 bridgehead atoms. The molecule has 0 fully saturated rings. The molecule has 0 unspecified atom stereocenters. The Bertz CT molecular complexity index is 1250. The van der Waals surface area contributed by atoms with Gasteiger partial charge in [-0.2, -0.15) is 0 Å². The summed E-state index contributed by atoms with van der Waals surface area (Å²) in [5.41, 5.74) is 9.28. The van der Waals surface area contributed by atoms with Gasteiger partial charge in [-0.25, -0.2) is 9.97 Å². The second-order valence-corrected chi connectivity index (χ2v) is 9.60. The summed E-state index contributed by atoms with van der Waals surface area (Å²) in [5.74, 6) is 1.83. The summed E-state index contributed by atoms with van der Waals surface area (Å²) in [6, 6.07) is 18.5. The van der Waals surface area contributed by atoms with Gasteiger partial charge in [0.1, 0.15) is 5.69 Å². The van der Waals surface area contributed by atoms with Crippen LogP contribution in [0, 0.1) is 5.41 Å². The minimum absolute atomic E-state index is 0.530. The number of aromatic nitrogens is 3. The van der Waals surface area contributed by atoms with Gasteiger partial charge in [-0.3, -0.25) is 0 Å². The van der Waals surface area contributed by atoms with Crippen LogP contribution in [0.15, 0.2) is 54.6 Å². The van der Waals surface area contributed by atoms with Gasteiger partial charge in [0.25, 0.3) is 0 Å². The third-order valence-corrected chi connectivity index (χ3v) is 6.49. The number of benzene rings is 2. The molecule has 3 N–H and O–H groups in total. The molecule has 5 nitrogen and oxygen atoms in total. The molecule has 0 saturated heterocycles. The van der Waals surface area contributed by atoms with Gasteiger partial charge in [-0.15, -0.1) is 0 Å². The number of rotatable bonds is 4. The van der Waals surface area contributed by atoms with E-state index in [9.17, 15) is 0 Å². The number of fused-ring (bicyclic) bond motifs is 2. The number of H-pyrrole nitrogens is 1. The van der Waals surface area contributed by atoms with Gasteiger partial charge in [-0.1, -0.05) is 18.2 Å². The van der Waals surface area contributed by atoms with E-state index in [1.807, 2.05) is 30.3 Å². The Hall–Kier alpha value is -2.96. The number of anilines is 1. The fourth-order valence-electron chi connectivity index (χ4n) is 4.38. The van der Waals surface area contributed by atoms with Crippen molar-refractivity contribution in [1.29, 1.82) is 5.41 Å². The molecule has 0 atom stereocenters. The summed E-state index contributed by atoms with van der Waals surface area (Å²) in [6.45, 7) is 8.81. The van der Waals surface area contributed by atoms with E-state index >= 15 is 0 Å². The average Bonchev–Trinajstić information content (AvgIpc) is 3.28. The van der Waals surface area contributed by atoms with Crippen molar-refractivity contribution in [1.82, 2.24) is 15.0 Å². The zero-order chi connectivity index (χ0) is 24.2. The van der Waals surface area contributed by atoms with Crippen molar-refractivity contribution in [3.8, 4) is 11.5 Å². The third kappa shape index (κ3) is 5.08. The molecule has 0 spiro atoms. The minimum Gasteiger partial charge on any atom is -0.337 e. The SMILES string of the molecule is CC(C)c1cccc(C(C)C)c1[NH][Co].N=C1CCCc2ccc(-c3nc4ccccc4[nH]3)nc21. The fraction of sp³-hybridized carbons (Fsp3) is 0.321. The van der Waals surface area contributed by atoms with Crippen molar-refractivity contribution in [2.75, 3.05) is 4.37 Å². The summed E-state index contributed by atoms with van der Waals surface area (Å²) in [7, 11) is 0. The second-order valence-electron chi connectivity index (χ2n) is 9.34. The molecule has 178 valence electrons. The van der Waals surface area contributed by atoms with E-state index < -0.39 is 0 Å². The number of nitrogens with zero attached hydrogens (tertiary/aromatic N) is 2. The van der Waals surface area contributed by atoms with Gasteiger partial charge in [0, 0.05) is 0 Å². The number of imidazole rings is 1. The summed E-state index contributed by atoms with van der Waals surface area (Å²) in [4.78, 5) is 12.5. The van der Waals surface area contributed by atoms with Crippen molar-refractivity contribution in [2.45, 2.75) is 58.8 Å². The first-order chi connectivity index (χ1) is 16.4. The topological polar surface area (TPSA) is 77.5 Å². The standard InChI is InChI=1S/C16H14N4.C12H18N.Co/c17-11-5-3-4-10-8-9-14(18-15(10)11)16-19-12-6-1-2-7-13(12)20-16;1-8(2)10-6-5-7-11(9(3)4)12(10)13;/h1-2,6-9,17H,3-5H2,(H,19,20);5-9,13H,1-4H3;/q;-1;+1. The Kier molecular flexibility index (Phi) is 7.49. The van der Waals surface area contributed by atoms with Crippen LogP contribution in [0.2, 0.25) is 0 Å². The molecule has 0 amide bonds. The van der Waals surface area contributed by atoms with Crippen LogP contribution in [0.25, 0.3) is 22.6 Å². The Morgan fingerprint density at radius 1 is 0.882 bits per heavy atom. The summed E-state index contributed by atoms with van der Waals surface area (Å²) < 4.78 is 3.01. The first-order valence-electron chi connectivity index (χ1n) is 11.9. The predicted molar refractivity (Wildman–Crippen MR) is 137 cm³/mol. The van der Waals surface area contributed by atoms with Crippen molar-refractivity contribution in [3.63, 3.8) is 0 Å². The zero-order valence-corrected chi connectivity index (χ0v) is 21.2. The molecule has 1 aliphatic carbocycles. The van der Waals surface area contributed by atoms with Crippen LogP contribution in [0.3, 0.4) is 0 Å². The number of pyridine rings is 1. The molecular weight excluding hydrogens is 465 g/mol. The van der Waals surface area contributed by atoms with Crippen LogP contribution in [0.5, 0.6) is 0 Å². The van der Waals surface area contributed by atoms with E-state index in [4.69, 9.17) is 5.41 Å². The smallest absolute Gasteiger partial charge is 0.157 e. The number of aromatic amines is 1. The molecule has 1 aliphatic rings. The molecule has 0 saturated carbocycles. The van der Waals surface area contributed by atoms with Crippen molar-refractivity contribution >= 4 is 22.4 Å².